The van der Waals surface area contributed by atoms with Crippen LogP contribution in [0, 0.1) is 12.7 Å². The van der Waals surface area contributed by atoms with E-state index in [1.807, 2.05) is 4.90 Å². The summed E-state index contributed by atoms with van der Waals surface area (Å²) in [6.45, 7) is 3.88. The van der Waals surface area contributed by atoms with Crippen LogP contribution in [0.4, 0.5) is 10.2 Å². The van der Waals surface area contributed by atoms with Crippen molar-refractivity contribution in [3.63, 3.8) is 0 Å². The number of carbonyl (C=O) groups excluding carboxylic acids is 2. The highest BCUT2D eigenvalue weighted by atomic mass is 79.9. The molecule has 0 unspecified atom stereocenters. The number of aryl methyl sites for hydroxylation is 1. The minimum absolute atomic E-state index is 0.0563. The van der Waals surface area contributed by atoms with Gasteiger partial charge in [0.05, 0.1) is 12.1 Å². The van der Waals surface area contributed by atoms with E-state index in [9.17, 15) is 14.0 Å². The van der Waals surface area contributed by atoms with Crippen molar-refractivity contribution in [2.75, 3.05) is 38.0 Å². The summed E-state index contributed by atoms with van der Waals surface area (Å²) in [6, 6.07) is 6.03. The van der Waals surface area contributed by atoms with Crippen molar-refractivity contribution < 1.29 is 18.5 Å². The molecule has 2 heterocycles. The molecule has 2 amide bonds. The van der Waals surface area contributed by atoms with E-state index in [1.54, 1.807) is 24.0 Å². The Bertz CT molecular complexity index is 818. The van der Waals surface area contributed by atoms with Crippen LogP contribution in [-0.2, 0) is 4.79 Å². The van der Waals surface area contributed by atoms with Gasteiger partial charge in [-0.15, -0.1) is 0 Å². The topological polar surface area (TPSA) is 78.7 Å². The van der Waals surface area contributed by atoms with Crippen molar-refractivity contribution in [3.05, 3.63) is 45.9 Å². The second-order valence-corrected chi connectivity index (χ2v) is 6.98. The van der Waals surface area contributed by atoms with Crippen LogP contribution in [0.15, 0.2) is 33.3 Å². The maximum absolute atomic E-state index is 14.0. The number of benzene rings is 1. The average Bonchev–Trinajstić information content (AvgIpc) is 2.99. The molecule has 26 heavy (non-hydrogen) atoms. The standard InChI is InChI=1S/C17H18BrFN4O3/c1-11-8-15(21-26-11)20-16(24)10-22-4-6-23(7-5-22)17(25)13-3-2-12(18)9-14(13)19/h2-3,8-9H,4-7,10H2,1H3,(H,20,21,24). The normalized spacial score (nSPS) is 15.1. The fourth-order valence-electron chi connectivity index (χ4n) is 2.75. The van der Waals surface area contributed by atoms with Crippen LogP contribution >= 0.6 is 15.9 Å². The van der Waals surface area contributed by atoms with Crippen LogP contribution in [0.5, 0.6) is 0 Å². The Morgan fingerprint density at radius 2 is 2.00 bits per heavy atom. The molecule has 0 spiro atoms. The van der Waals surface area contributed by atoms with Gasteiger partial charge in [0, 0.05) is 36.7 Å². The van der Waals surface area contributed by atoms with Gasteiger partial charge in [0.15, 0.2) is 5.82 Å². The largest absolute Gasteiger partial charge is 0.360 e. The lowest BCUT2D eigenvalue weighted by molar-refractivity contribution is -0.117. The molecule has 1 fully saturated rings. The van der Waals surface area contributed by atoms with E-state index in [-0.39, 0.29) is 23.9 Å². The molecule has 0 bridgehead atoms. The van der Waals surface area contributed by atoms with Gasteiger partial charge in [0.2, 0.25) is 5.91 Å². The molecule has 1 N–H and O–H groups in total. The highest BCUT2D eigenvalue weighted by Crippen LogP contribution is 2.18. The molecule has 2 aromatic rings. The Morgan fingerprint density at radius 1 is 1.27 bits per heavy atom. The number of hydrogen-bond acceptors (Lipinski definition) is 5. The van der Waals surface area contributed by atoms with E-state index in [4.69, 9.17) is 4.52 Å². The second kappa shape index (κ2) is 7.96. The first kappa shape index (κ1) is 18.5. The summed E-state index contributed by atoms with van der Waals surface area (Å²) < 4.78 is 19.4. The fraction of sp³-hybridized carbons (Fsp3) is 0.353. The zero-order chi connectivity index (χ0) is 18.7. The van der Waals surface area contributed by atoms with Crippen molar-refractivity contribution in [2.24, 2.45) is 0 Å². The monoisotopic (exact) mass is 424 g/mol. The smallest absolute Gasteiger partial charge is 0.256 e. The molecule has 9 heteroatoms. The number of amides is 2. The Kier molecular flexibility index (Phi) is 5.67. The van der Waals surface area contributed by atoms with Crippen LogP contribution < -0.4 is 5.32 Å². The molecule has 0 radical (unpaired) electrons. The SMILES string of the molecule is Cc1cc(NC(=O)CN2CCN(C(=O)c3ccc(Br)cc3F)CC2)no1. The Hall–Kier alpha value is -2.26. The summed E-state index contributed by atoms with van der Waals surface area (Å²) in [7, 11) is 0. The zero-order valence-corrected chi connectivity index (χ0v) is 15.8. The molecule has 0 saturated carbocycles. The van der Waals surface area contributed by atoms with E-state index in [0.717, 1.165) is 0 Å². The lowest BCUT2D eigenvalue weighted by Crippen LogP contribution is -2.50. The fourth-order valence-corrected chi connectivity index (χ4v) is 3.09. The molecule has 1 aliphatic heterocycles. The minimum atomic E-state index is -0.547. The minimum Gasteiger partial charge on any atom is -0.360 e. The maximum Gasteiger partial charge on any atom is 0.256 e. The number of halogens is 2. The number of nitrogens with one attached hydrogen (secondary N) is 1. The van der Waals surface area contributed by atoms with Gasteiger partial charge in [-0.1, -0.05) is 21.1 Å². The third kappa shape index (κ3) is 4.47. The van der Waals surface area contributed by atoms with E-state index >= 15 is 0 Å². The van der Waals surface area contributed by atoms with E-state index in [2.05, 4.69) is 26.4 Å². The highest BCUT2D eigenvalue weighted by Gasteiger charge is 2.25. The lowest BCUT2D eigenvalue weighted by atomic mass is 10.1. The molecule has 0 aliphatic carbocycles. The van der Waals surface area contributed by atoms with Crippen molar-refractivity contribution in [3.8, 4) is 0 Å². The van der Waals surface area contributed by atoms with Gasteiger partial charge in [-0.3, -0.25) is 14.5 Å². The summed E-state index contributed by atoms with van der Waals surface area (Å²) >= 11 is 3.18. The third-order valence-electron chi connectivity index (χ3n) is 4.08. The van der Waals surface area contributed by atoms with Crippen LogP contribution in [0.2, 0.25) is 0 Å². The molecule has 1 aliphatic rings. The van der Waals surface area contributed by atoms with Gasteiger partial charge in [0.1, 0.15) is 11.6 Å². The van der Waals surface area contributed by atoms with Crippen LogP contribution in [0.3, 0.4) is 0 Å². The van der Waals surface area contributed by atoms with Crippen LogP contribution in [-0.4, -0.2) is 59.5 Å². The van der Waals surface area contributed by atoms with Gasteiger partial charge < -0.3 is 14.7 Å². The molecule has 0 atom stereocenters. The number of carbonyl (C=O) groups is 2. The summed E-state index contributed by atoms with van der Waals surface area (Å²) in [4.78, 5) is 28.0. The summed E-state index contributed by atoms with van der Waals surface area (Å²) in [5.74, 6) is -0.0806. The first-order valence-electron chi connectivity index (χ1n) is 8.12. The quantitative estimate of drug-likeness (QED) is 0.814. The van der Waals surface area contributed by atoms with E-state index in [0.29, 0.717) is 42.2 Å². The Labute approximate surface area is 158 Å². The Balaban J connectivity index is 1.50. The van der Waals surface area contributed by atoms with Crippen LogP contribution in [0.1, 0.15) is 16.1 Å². The van der Waals surface area contributed by atoms with Gasteiger partial charge in [-0.2, -0.15) is 0 Å². The molecular weight excluding hydrogens is 407 g/mol. The summed E-state index contributed by atoms with van der Waals surface area (Å²) in [5, 5.41) is 6.38. The number of aromatic nitrogens is 1. The number of anilines is 1. The van der Waals surface area contributed by atoms with Gasteiger partial charge >= 0.3 is 0 Å². The van der Waals surface area contributed by atoms with Crippen molar-refractivity contribution in [1.29, 1.82) is 0 Å². The molecule has 1 aromatic heterocycles. The first-order chi connectivity index (χ1) is 12.4. The average molecular weight is 425 g/mol. The third-order valence-corrected chi connectivity index (χ3v) is 4.58. The van der Waals surface area contributed by atoms with E-state index < -0.39 is 5.82 Å². The van der Waals surface area contributed by atoms with Gasteiger partial charge in [-0.25, -0.2) is 4.39 Å². The van der Waals surface area contributed by atoms with Crippen molar-refractivity contribution >= 4 is 33.6 Å². The molecular formula is C17H18BrFN4O3. The molecule has 138 valence electrons. The highest BCUT2D eigenvalue weighted by molar-refractivity contribution is 9.10. The van der Waals surface area contributed by atoms with E-state index in [1.165, 1.54) is 12.1 Å². The first-order valence-corrected chi connectivity index (χ1v) is 8.91. The summed E-state index contributed by atoms with van der Waals surface area (Å²) in [6.07, 6.45) is 0. The lowest BCUT2D eigenvalue weighted by Gasteiger charge is -2.34. The Morgan fingerprint density at radius 3 is 2.62 bits per heavy atom. The maximum atomic E-state index is 14.0. The predicted octanol–water partition coefficient (Wildman–Crippen LogP) is 2.28. The van der Waals surface area contributed by atoms with Gasteiger partial charge in [-0.05, 0) is 25.1 Å². The number of hydrogen-bond donors (Lipinski definition) is 1. The molecule has 3 rings (SSSR count). The second-order valence-electron chi connectivity index (χ2n) is 6.06. The molecule has 7 nitrogen and oxygen atoms in total. The van der Waals surface area contributed by atoms with Crippen LogP contribution in [0.25, 0.3) is 0 Å². The summed E-state index contributed by atoms with van der Waals surface area (Å²) in [5.41, 5.74) is 0.0563. The number of rotatable bonds is 4. The number of nitrogens with zero attached hydrogens (tertiary/aromatic N) is 3. The molecule has 1 saturated heterocycles. The van der Waals surface area contributed by atoms with Crippen molar-refractivity contribution in [2.45, 2.75) is 6.92 Å². The van der Waals surface area contributed by atoms with Crippen molar-refractivity contribution in [1.82, 2.24) is 15.0 Å². The predicted molar refractivity (Wildman–Crippen MR) is 96.3 cm³/mol. The molecule has 1 aromatic carbocycles. The van der Waals surface area contributed by atoms with Gasteiger partial charge in [0.25, 0.3) is 5.91 Å². The number of piperazine rings is 1. The zero-order valence-electron chi connectivity index (χ0n) is 14.2.